The molecule has 1 aliphatic heterocycles. The molecular formula is C20H17ClN6O4. The number of benzene rings is 2. The molecule has 11 heteroatoms. The van der Waals surface area contributed by atoms with Crippen molar-refractivity contribution < 1.29 is 14.1 Å². The third-order valence-corrected chi connectivity index (χ3v) is 5.52. The summed E-state index contributed by atoms with van der Waals surface area (Å²) in [5.41, 5.74) is 1.85. The van der Waals surface area contributed by atoms with E-state index in [9.17, 15) is 10.1 Å². The van der Waals surface area contributed by atoms with Crippen LogP contribution in [0.2, 0.25) is 5.02 Å². The second-order valence-corrected chi connectivity index (χ2v) is 7.49. The number of nitro groups is 1. The minimum Gasteiger partial charge on any atom is -0.403 e. The largest absolute Gasteiger partial charge is 0.403 e. The minimum absolute atomic E-state index is 0.0577. The maximum absolute atomic E-state index is 11.0. The summed E-state index contributed by atoms with van der Waals surface area (Å²) in [5, 5.41) is 27.6. The number of hydrogen-bond donors (Lipinski definition) is 1. The summed E-state index contributed by atoms with van der Waals surface area (Å²) in [6.45, 7) is 0.726. The predicted molar refractivity (Wildman–Crippen MR) is 113 cm³/mol. The molecular weight excluding hydrogens is 424 g/mol. The molecule has 0 amide bonds. The standard InChI is InChI=1S/C20H17ClN6O4/c21-18-14-11-22-26(17-6-1-2-9-30-17)16(14)8-7-15(18)23-20-25-24-19(31-20)12-4-3-5-13(10-12)27(28)29/h3-5,7-8,10-11,17H,1-2,6,9H2,(H,23,25). The monoisotopic (exact) mass is 440 g/mol. The fourth-order valence-corrected chi connectivity index (χ4v) is 3.84. The van der Waals surface area contributed by atoms with Crippen molar-refractivity contribution in [1.29, 1.82) is 0 Å². The topological polar surface area (TPSA) is 121 Å². The van der Waals surface area contributed by atoms with E-state index in [4.69, 9.17) is 20.8 Å². The van der Waals surface area contributed by atoms with Crippen LogP contribution < -0.4 is 5.32 Å². The van der Waals surface area contributed by atoms with Gasteiger partial charge in [0.05, 0.1) is 27.3 Å². The van der Waals surface area contributed by atoms with Crippen molar-refractivity contribution in [2.75, 3.05) is 11.9 Å². The number of nitrogens with zero attached hydrogens (tertiary/aromatic N) is 5. The Kier molecular flexibility index (Phi) is 5.00. The van der Waals surface area contributed by atoms with E-state index in [-0.39, 0.29) is 23.8 Å². The molecule has 2 aromatic heterocycles. The average Bonchev–Trinajstić information content (AvgIpc) is 3.44. The van der Waals surface area contributed by atoms with Crippen molar-refractivity contribution in [2.24, 2.45) is 0 Å². The Bertz CT molecular complexity index is 1260. The van der Waals surface area contributed by atoms with Crippen LogP contribution >= 0.6 is 11.6 Å². The highest BCUT2D eigenvalue weighted by Crippen LogP contribution is 2.35. The van der Waals surface area contributed by atoms with Crippen LogP contribution in [0.5, 0.6) is 0 Å². The summed E-state index contributed by atoms with van der Waals surface area (Å²) in [4.78, 5) is 10.5. The van der Waals surface area contributed by atoms with Gasteiger partial charge >= 0.3 is 6.01 Å². The molecule has 1 unspecified atom stereocenters. The Morgan fingerprint density at radius 1 is 1.23 bits per heavy atom. The van der Waals surface area contributed by atoms with E-state index in [0.717, 1.165) is 36.8 Å². The molecule has 0 saturated carbocycles. The number of non-ortho nitro benzene ring substituents is 1. The molecule has 0 spiro atoms. The lowest BCUT2D eigenvalue weighted by Gasteiger charge is -2.23. The molecule has 2 aromatic carbocycles. The highest BCUT2D eigenvalue weighted by molar-refractivity contribution is 6.38. The molecule has 0 radical (unpaired) electrons. The second-order valence-electron chi connectivity index (χ2n) is 7.12. The van der Waals surface area contributed by atoms with E-state index in [0.29, 0.717) is 16.3 Å². The summed E-state index contributed by atoms with van der Waals surface area (Å²) in [5.74, 6) is 0.158. The van der Waals surface area contributed by atoms with Crippen LogP contribution in [-0.4, -0.2) is 31.5 Å². The third-order valence-electron chi connectivity index (χ3n) is 5.11. The first-order chi connectivity index (χ1) is 15.1. The molecule has 0 bridgehead atoms. The average molecular weight is 441 g/mol. The van der Waals surface area contributed by atoms with Crippen LogP contribution in [0.4, 0.5) is 17.4 Å². The van der Waals surface area contributed by atoms with Gasteiger partial charge in [0.25, 0.3) is 5.69 Å². The van der Waals surface area contributed by atoms with Gasteiger partial charge in [0.2, 0.25) is 5.89 Å². The van der Waals surface area contributed by atoms with Gasteiger partial charge in [-0.1, -0.05) is 22.8 Å². The summed E-state index contributed by atoms with van der Waals surface area (Å²) in [6, 6.07) is 9.82. The zero-order chi connectivity index (χ0) is 21.4. The van der Waals surface area contributed by atoms with Crippen LogP contribution in [0.1, 0.15) is 25.5 Å². The number of rotatable bonds is 5. The van der Waals surface area contributed by atoms with Gasteiger partial charge in [-0.15, -0.1) is 5.10 Å². The first-order valence-electron chi connectivity index (χ1n) is 9.73. The Morgan fingerprint density at radius 3 is 2.94 bits per heavy atom. The highest BCUT2D eigenvalue weighted by atomic mass is 35.5. The van der Waals surface area contributed by atoms with Crippen molar-refractivity contribution >= 4 is 39.9 Å². The van der Waals surface area contributed by atoms with Gasteiger partial charge in [0.15, 0.2) is 6.23 Å². The number of halogens is 1. The van der Waals surface area contributed by atoms with Gasteiger partial charge in [-0.2, -0.15) is 5.10 Å². The first kappa shape index (κ1) is 19.5. The second kappa shape index (κ2) is 7.97. The number of ether oxygens (including phenoxy) is 1. The van der Waals surface area contributed by atoms with E-state index >= 15 is 0 Å². The molecule has 1 N–H and O–H groups in total. The zero-order valence-electron chi connectivity index (χ0n) is 16.2. The van der Waals surface area contributed by atoms with Crippen molar-refractivity contribution in [3.8, 4) is 11.5 Å². The molecule has 1 fully saturated rings. The lowest BCUT2D eigenvalue weighted by Crippen LogP contribution is -2.18. The van der Waals surface area contributed by atoms with E-state index in [1.807, 2.05) is 16.8 Å². The van der Waals surface area contributed by atoms with Crippen molar-refractivity contribution in [2.45, 2.75) is 25.5 Å². The molecule has 10 nitrogen and oxygen atoms in total. The Labute approximate surface area is 180 Å². The van der Waals surface area contributed by atoms with E-state index in [1.165, 1.54) is 12.1 Å². The summed E-state index contributed by atoms with van der Waals surface area (Å²) in [6.07, 6.45) is 4.70. The van der Waals surface area contributed by atoms with E-state index in [1.54, 1.807) is 18.3 Å². The molecule has 158 valence electrons. The van der Waals surface area contributed by atoms with Gasteiger partial charge in [0.1, 0.15) is 0 Å². The van der Waals surface area contributed by atoms with Crippen LogP contribution in [0, 0.1) is 10.1 Å². The predicted octanol–water partition coefficient (Wildman–Crippen LogP) is 5.09. The van der Waals surface area contributed by atoms with Crippen LogP contribution in [0.3, 0.4) is 0 Å². The van der Waals surface area contributed by atoms with Crippen molar-refractivity contribution in [3.63, 3.8) is 0 Å². The first-order valence-corrected chi connectivity index (χ1v) is 10.1. The molecule has 1 aliphatic rings. The molecule has 0 aliphatic carbocycles. The summed E-state index contributed by atoms with van der Waals surface area (Å²) in [7, 11) is 0. The molecule has 3 heterocycles. The molecule has 5 rings (SSSR count). The van der Waals surface area contributed by atoms with Gasteiger partial charge in [-0.05, 0) is 37.5 Å². The molecule has 31 heavy (non-hydrogen) atoms. The number of fused-ring (bicyclic) bond motifs is 1. The minimum atomic E-state index is -0.480. The van der Waals surface area contributed by atoms with Gasteiger partial charge in [-0.25, -0.2) is 4.68 Å². The van der Waals surface area contributed by atoms with Crippen LogP contribution in [0.25, 0.3) is 22.4 Å². The van der Waals surface area contributed by atoms with Gasteiger partial charge in [0, 0.05) is 29.7 Å². The third kappa shape index (κ3) is 3.71. The van der Waals surface area contributed by atoms with Crippen molar-refractivity contribution in [1.82, 2.24) is 20.0 Å². The van der Waals surface area contributed by atoms with Crippen LogP contribution in [-0.2, 0) is 4.74 Å². The quantitative estimate of drug-likeness (QED) is 0.336. The maximum Gasteiger partial charge on any atom is 0.320 e. The Morgan fingerprint density at radius 2 is 2.13 bits per heavy atom. The molecule has 4 aromatic rings. The summed E-state index contributed by atoms with van der Waals surface area (Å²) >= 11 is 6.60. The maximum atomic E-state index is 11.0. The SMILES string of the molecule is O=[N+]([O-])c1cccc(-c2nnc(Nc3ccc4c(cnn4C4CCCCO4)c3Cl)o2)c1. The van der Waals surface area contributed by atoms with E-state index < -0.39 is 4.92 Å². The molecule has 1 atom stereocenters. The summed E-state index contributed by atoms with van der Waals surface area (Å²) < 4.78 is 13.3. The van der Waals surface area contributed by atoms with Gasteiger partial charge < -0.3 is 14.5 Å². The lowest BCUT2D eigenvalue weighted by molar-refractivity contribution is -0.384. The normalized spacial score (nSPS) is 16.5. The van der Waals surface area contributed by atoms with Gasteiger partial charge in [-0.3, -0.25) is 10.1 Å². The number of hydrogen-bond acceptors (Lipinski definition) is 8. The smallest absolute Gasteiger partial charge is 0.320 e. The Balaban J connectivity index is 1.40. The number of nitrogens with one attached hydrogen (secondary N) is 1. The molecule has 1 saturated heterocycles. The highest BCUT2D eigenvalue weighted by Gasteiger charge is 2.20. The van der Waals surface area contributed by atoms with Crippen LogP contribution in [0.15, 0.2) is 47.0 Å². The van der Waals surface area contributed by atoms with E-state index in [2.05, 4.69) is 20.6 Å². The lowest BCUT2D eigenvalue weighted by atomic mass is 10.2. The number of nitro benzene ring substituents is 1. The Hall–Kier alpha value is -3.50. The van der Waals surface area contributed by atoms with Crippen molar-refractivity contribution in [3.05, 3.63) is 57.7 Å². The fraction of sp³-hybridized carbons (Fsp3) is 0.250. The fourth-order valence-electron chi connectivity index (χ4n) is 3.59. The zero-order valence-corrected chi connectivity index (χ0v) is 17.0. The number of aromatic nitrogens is 4. The number of anilines is 2.